The largest absolute Gasteiger partial charge is 0.465 e. The van der Waals surface area contributed by atoms with Gasteiger partial charge < -0.3 is 9.64 Å². The van der Waals surface area contributed by atoms with Crippen molar-refractivity contribution >= 4 is 5.97 Å². The molecule has 100 valence electrons. The first-order chi connectivity index (χ1) is 8.31. The van der Waals surface area contributed by atoms with Gasteiger partial charge in [0.2, 0.25) is 0 Å². The Morgan fingerprint density at radius 2 is 1.78 bits per heavy atom. The zero-order chi connectivity index (χ0) is 13.8. The van der Waals surface area contributed by atoms with Crippen LogP contribution in [0, 0.1) is 5.41 Å². The van der Waals surface area contributed by atoms with Crippen LogP contribution in [0.1, 0.15) is 36.7 Å². The molecular formula is C15H23NO2. The molecule has 0 aliphatic rings. The molecule has 0 aromatic heterocycles. The van der Waals surface area contributed by atoms with Crippen LogP contribution >= 0.6 is 0 Å². The third-order valence-corrected chi connectivity index (χ3v) is 2.57. The van der Waals surface area contributed by atoms with Crippen molar-refractivity contribution < 1.29 is 9.53 Å². The summed E-state index contributed by atoms with van der Waals surface area (Å²) in [6, 6.07) is 7.58. The molecule has 3 heteroatoms. The van der Waals surface area contributed by atoms with E-state index < -0.39 is 0 Å². The third kappa shape index (κ3) is 4.88. The van der Waals surface area contributed by atoms with Gasteiger partial charge in [-0.25, -0.2) is 4.79 Å². The van der Waals surface area contributed by atoms with E-state index in [1.54, 1.807) is 0 Å². The summed E-state index contributed by atoms with van der Waals surface area (Å²) in [6.45, 7) is 8.60. The van der Waals surface area contributed by atoms with E-state index in [2.05, 4.69) is 37.5 Å². The Hall–Kier alpha value is -1.35. The number of ether oxygens (including phenoxy) is 1. The molecule has 0 atom stereocenters. The van der Waals surface area contributed by atoms with E-state index >= 15 is 0 Å². The van der Waals surface area contributed by atoms with Crippen molar-refractivity contribution in [1.82, 2.24) is 4.90 Å². The average molecular weight is 249 g/mol. The maximum Gasteiger partial charge on any atom is 0.337 e. The van der Waals surface area contributed by atoms with Crippen LogP contribution in [0.25, 0.3) is 0 Å². The Bertz CT molecular complexity index is 390. The molecule has 0 aliphatic carbocycles. The Balaban J connectivity index is 2.61. The van der Waals surface area contributed by atoms with Gasteiger partial charge in [-0.15, -0.1) is 0 Å². The first-order valence-electron chi connectivity index (χ1n) is 6.17. The van der Waals surface area contributed by atoms with Gasteiger partial charge in [-0.1, -0.05) is 32.9 Å². The van der Waals surface area contributed by atoms with Crippen molar-refractivity contribution in [3.05, 3.63) is 35.4 Å². The summed E-state index contributed by atoms with van der Waals surface area (Å²) in [6.07, 6.45) is 0. The molecule has 0 heterocycles. The lowest BCUT2D eigenvalue weighted by atomic mass is 9.96. The molecule has 0 unspecified atom stereocenters. The number of hydrogen-bond acceptors (Lipinski definition) is 3. The van der Waals surface area contributed by atoms with Crippen molar-refractivity contribution in [2.24, 2.45) is 5.41 Å². The number of hydrogen-bond donors (Lipinski definition) is 0. The van der Waals surface area contributed by atoms with E-state index in [4.69, 9.17) is 0 Å². The first kappa shape index (κ1) is 14.7. The topological polar surface area (TPSA) is 29.5 Å². The van der Waals surface area contributed by atoms with Crippen LogP contribution in [0.15, 0.2) is 24.3 Å². The van der Waals surface area contributed by atoms with Crippen LogP contribution in [0.3, 0.4) is 0 Å². The minimum absolute atomic E-state index is 0.287. The number of methoxy groups -OCH3 is 1. The van der Waals surface area contributed by atoms with Crippen LogP contribution in [0.4, 0.5) is 0 Å². The van der Waals surface area contributed by atoms with Gasteiger partial charge in [-0.05, 0) is 30.2 Å². The third-order valence-electron chi connectivity index (χ3n) is 2.57. The number of carbonyl (C=O) groups is 1. The van der Waals surface area contributed by atoms with Gasteiger partial charge in [0.15, 0.2) is 0 Å². The fraction of sp³-hybridized carbons (Fsp3) is 0.533. The highest BCUT2D eigenvalue weighted by molar-refractivity contribution is 5.89. The van der Waals surface area contributed by atoms with Crippen molar-refractivity contribution in [3.63, 3.8) is 0 Å². The van der Waals surface area contributed by atoms with Crippen LogP contribution in [-0.2, 0) is 11.3 Å². The zero-order valence-corrected chi connectivity index (χ0v) is 12.0. The molecule has 0 radical (unpaired) electrons. The Morgan fingerprint density at radius 3 is 2.22 bits per heavy atom. The number of nitrogens with zero attached hydrogens (tertiary/aromatic N) is 1. The van der Waals surface area contributed by atoms with Gasteiger partial charge in [0.05, 0.1) is 12.7 Å². The molecule has 1 aromatic rings. The Kier molecular flexibility index (Phi) is 4.91. The van der Waals surface area contributed by atoms with Gasteiger partial charge in [-0.3, -0.25) is 0 Å². The molecule has 18 heavy (non-hydrogen) atoms. The summed E-state index contributed by atoms with van der Waals surface area (Å²) in [7, 11) is 3.51. The minimum atomic E-state index is -0.287. The van der Waals surface area contributed by atoms with Gasteiger partial charge in [0.25, 0.3) is 0 Å². The molecule has 0 fully saturated rings. The van der Waals surface area contributed by atoms with Crippen LogP contribution in [0.5, 0.6) is 0 Å². The summed E-state index contributed by atoms with van der Waals surface area (Å²) in [5.41, 5.74) is 2.09. The maximum absolute atomic E-state index is 11.3. The van der Waals surface area contributed by atoms with Gasteiger partial charge in [0, 0.05) is 13.1 Å². The second kappa shape index (κ2) is 6.01. The second-order valence-corrected chi connectivity index (χ2v) is 5.92. The second-order valence-electron chi connectivity index (χ2n) is 5.92. The maximum atomic E-state index is 11.3. The predicted molar refractivity (Wildman–Crippen MR) is 73.6 cm³/mol. The molecule has 0 spiro atoms. The summed E-state index contributed by atoms with van der Waals surface area (Å²) in [5, 5.41) is 0. The molecule has 0 aliphatic heterocycles. The fourth-order valence-electron chi connectivity index (χ4n) is 2.04. The summed E-state index contributed by atoms with van der Waals surface area (Å²) in [4.78, 5) is 13.6. The molecule has 0 amide bonds. The smallest absolute Gasteiger partial charge is 0.337 e. The number of esters is 1. The van der Waals surface area contributed by atoms with Gasteiger partial charge in [0.1, 0.15) is 0 Å². The molecular weight excluding hydrogens is 226 g/mol. The lowest BCUT2D eigenvalue weighted by Crippen LogP contribution is -2.28. The lowest BCUT2D eigenvalue weighted by molar-refractivity contribution is 0.0600. The quantitative estimate of drug-likeness (QED) is 0.768. The lowest BCUT2D eigenvalue weighted by Gasteiger charge is -2.26. The highest BCUT2D eigenvalue weighted by atomic mass is 16.5. The molecule has 0 bridgehead atoms. The highest BCUT2D eigenvalue weighted by Crippen LogP contribution is 2.16. The monoisotopic (exact) mass is 249 g/mol. The van der Waals surface area contributed by atoms with Gasteiger partial charge >= 0.3 is 5.97 Å². The van der Waals surface area contributed by atoms with Gasteiger partial charge in [-0.2, -0.15) is 0 Å². The molecule has 1 rings (SSSR count). The minimum Gasteiger partial charge on any atom is -0.465 e. The molecule has 0 saturated heterocycles. The molecule has 0 N–H and O–H groups in total. The standard InChI is InChI=1S/C15H23NO2/c1-15(2,3)11-16(4)10-12-6-8-13(9-7-12)14(17)18-5/h6-9H,10-11H2,1-5H3. The SMILES string of the molecule is COC(=O)c1ccc(CN(C)CC(C)(C)C)cc1. The molecule has 3 nitrogen and oxygen atoms in total. The van der Waals surface area contributed by atoms with E-state index in [0.29, 0.717) is 11.0 Å². The normalized spacial score (nSPS) is 11.7. The zero-order valence-electron chi connectivity index (χ0n) is 12.0. The van der Waals surface area contributed by atoms with Crippen LogP contribution in [-0.4, -0.2) is 31.6 Å². The summed E-state index contributed by atoms with van der Waals surface area (Å²) >= 11 is 0. The molecule has 1 aromatic carbocycles. The number of benzene rings is 1. The van der Waals surface area contributed by atoms with E-state index in [9.17, 15) is 4.79 Å². The number of carbonyl (C=O) groups excluding carboxylic acids is 1. The number of rotatable bonds is 4. The van der Waals surface area contributed by atoms with Crippen molar-refractivity contribution in [3.8, 4) is 0 Å². The van der Waals surface area contributed by atoms with E-state index in [1.807, 2.05) is 24.3 Å². The summed E-state index contributed by atoms with van der Waals surface area (Å²) in [5.74, 6) is -0.287. The molecule has 0 saturated carbocycles. The Morgan fingerprint density at radius 1 is 1.22 bits per heavy atom. The fourth-order valence-corrected chi connectivity index (χ4v) is 2.04. The van der Waals surface area contributed by atoms with Crippen molar-refractivity contribution in [1.29, 1.82) is 0 Å². The van der Waals surface area contributed by atoms with Crippen LogP contribution in [0.2, 0.25) is 0 Å². The van der Waals surface area contributed by atoms with Crippen molar-refractivity contribution in [2.45, 2.75) is 27.3 Å². The Labute approximate surface area is 110 Å². The predicted octanol–water partition coefficient (Wildman–Crippen LogP) is 2.95. The van der Waals surface area contributed by atoms with Crippen LogP contribution < -0.4 is 0 Å². The van der Waals surface area contributed by atoms with E-state index in [1.165, 1.54) is 12.7 Å². The van der Waals surface area contributed by atoms with E-state index in [-0.39, 0.29) is 5.97 Å². The highest BCUT2D eigenvalue weighted by Gasteiger charge is 2.13. The summed E-state index contributed by atoms with van der Waals surface area (Å²) < 4.78 is 4.67. The average Bonchev–Trinajstić information content (AvgIpc) is 2.26. The first-order valence-corrected chi connectivity index (χ1v) is 6.17. The van der Waals surface area contributed by atoms with Crippen molar-refractivity contribution in [2.75, 3.05) is 20.7 Å². The van der Waals surface area contributed by atoms with E-state index in [0.717, 1.165) is 13.1 Å².